The average Bonchev–Trinajstić information content (AvgIpc) is 2.72. The number of nitrogens with zero attached hydrogens (tertiary/aromatic N) is 2. The van der Waals surface area contributed by atoms with Crippen LogP contribution in [0.25, 0.3) is 10.9 Å². The Hall–Kier alpha value is -2.30. The number of carbonyl (C=O) groups is 1. The topological polar surface area (TPSA) is 45.2 Å². The number of hydrogen-bond acceptors (Lipinski definition) is 3. The summed E-state index contributed by atoms with van der Waals surface area (Å²) in [5, 5.41) is 5.41. The van der Waals surface area contributed by atoms with E-state index in [0.29, 0.717) is 28.0 Å². The van der Waals surface area contributed by atoms with Crippen molar-refractivity contribution < 1.29 is 4.79 Å². The maximum absolute atomic E-state index is 13.0. The van der Waals surface area contributed by atoms with Gasteiger partial charge in [0.1, 0.15) is 5.15 Å². The van der Waals surface area contributed by atoms with Crippen LogP contribution in [0.4, 0.5) is 5.69 Å². The Balaban J connectivity index is 1.58. The third-order valence-electron chi connectivity index (χ3n) is 5.07. The molecule has 1 saturated heterocycles. The maximum Gasteiger partial charge on any atom is 0.255 e. The number of carbonyl (C=O) groups excluding carboxylic acids is 1. The predicted molar refractivity (Wildman–Crippen MR) is 115 cm³/mol. The zero-order chi connectivity index (χ0) is 19.5. The van der Waals surface area contributed by atoms with E-state index in [2.05, 4.69) is 10.3 Å². The van der Waals surface area contributed by atoms with Crippen molar-refractivity contribution in [2.45, 2.75) is 25.8 Å². The molecule has 3 aromatic rings. The van der Waals surface area contributed by atoms with Crippen LogP contribution < -0.4 is 5.32 Å². The first kappa shape index (κ1) is 19.0. The predicted octanol–water partition coefficient (Wildman–Crippen LogP) is 5.78. The van der Waals surface area contributed by atoms with Gasteiger partial charge in [-0.2, -0.15) is 0 Å². The maximum atomic E-state index is 13.0. The number of para-hydroxylation sites is 1. The first-order valence-electron chi connectivity index (χ1n) is 9.49. The van der Waals surface area contributed by atoms with Gasteiger partial charge in [-0.1, -0.05) is 41.4 Å². The number of piperidine rings is 1. The van der Waals surface area contributed by atoms with Gasteiger partial charge in [0, 0.05) is 41.3 Å². The molecule has 0 saturated carbocycles. The lowest BCUT2D eigenvalue weighted by Crippen LogP contribution is -2.36. The summed E-state index contributed by atoms with van der Waals surface area (Å²) in [5.74, 6) is 0.0431. The summed E-state index contributed by atoms with van der Waals surface area (Å²) in [6, 6.07) is 15.2. The molecule has 1 aliphatic heterocycles. The molecule has 144 valence electrons. The number of rotatable bonds is 4. The second-order valence-electron chi connectivity index (χ2n) is 7.03. The second kappa shape index (κ2) is 8.38. The number of benzene rings is 2. The highest BCUT2D eigenvalue weighted by molar-refractivity contribution is 6.31. The van der Waals surface area contributed by atoms with E-state index < -0.39 is 0 Å². The van der Waals surface area contributed by atoms with Gasteiger partial charge in [0.05, 0.1) is 11.1 Å². The molecule has 6 heteroatoms. The molecule has 1 aliphatic rings. The number of likely N-dealkylation sites (tertiary alicyclic amines) is 1. The third kappa shape index (κ3) is 4.08. The molecule has 0 radical (unpaired) electrons. The molecule has 0 spiro atoms. The fourth-order valence-corrected chi connectivity index (χ4v) is 3.95. The smallest absolute Gasteiger partial charge is 0.255 e. The van der Waals surface area contributed by atoms with E-state index in [1.807, 2.05) is 35.2 Å². The minimum Gasteiger partial charge on any atom is -0.380 e. The first-order valence-corrected chi connectivity index (χ1v) is 10.2. The fraction of sp³-hybridized carbons (Fsp3) is 0.273. The molecule has 0 atom stereocenters. The molecular formula is C22H21Cl2N3O. The largest absolute Gasteiger partial charge is 0.380 e. The van der Waals surface area contributed by atoms with Crippen LogP contribution in [0.3, 0.4) is 0 Å². The van der Waals surface area contributed by atoms with Crippen molar-refractivity contribution in [3.05, 3.63) is 69.8 Å². The Morgan fingerprint density at radius 2 is 1.82 bits per heavy atom. The minimum atomic E-state index is 0.0431. The Morgan fingerprint density at radius 3 is 2.64 bits per heavy atom. The van der Waals surface area contributed by atoms with E-state index in [-0.39, 0.29) is 5.91 Å². The Bertz CT molecular complexity index is 1020. The number of anilines is 1. The van der Waals surface area contributed by atoms with Crippen molar-refractivity contribution in [2.24, 2.45) is 0 Å². The van der Waals surface area contributed by atoms with Crippen molar-refractivity contribution in [1.82, 2.24) is 9.88 Å². The monoisotopic (exact) mass is 413 g/mol. The molecule has 1 amide bonds. The van der Waals surface area contributed by atoms with E-state index in [1.54, 1.807) is 18.2 Å². The normalized spacial score (nSPS) is 14.3. The summed E-state index contributed by atoms with van der Waals surface area (Å²) in [6.45, 7) is 2.07. The molecule has 1 aromatic heterocycles. The summed E-state index contributed by atoms with van der Waals surface area (Å²) in [4.78, 5) is 19.4. The van der Waals surface area contributed by atoms with E-state index >= 15 is 0 Å². The van der Waals surface area contributed by atoms with Crippen LogP contribution in [-0.4, -0.2) is 28.9 Å². The Kier molecular flexibility index (Phi) is 5.69. The van der Waals surface area contributed by atoms with Gasteiger partial charge in [-0.25, -0.2) is 4.98 Å². The van der Waals surface area contributed by atoms with Crippen LogP contribution in [0.2, 0.25) is 10.2 Å². The zero-order valence-electron chi connectivity index (χ0n) is 15.4. The molecule has 1 fully saturated rings. The molecule has 0 aliphatic carbocycles. The first-order chi connectivity index (χ1) is 13.6. The summed E-state index contributed by atoms with van der Waals surface area (Å²) in [6.07, 6.45) is 3.30. The lowest BCUT2D eigenvalue weighted by Gasteiger charge is -2.27. The van der Waals surface area contributed by atoms with Crippen LogP contribution in [0.15, 0.2) is 48.5 Å². The van der Waals surface area contributed by atoms with E-state index in [0.717, 1.165) is 42.4 Å². The van der Waals surface area contributed by atoms with Gasteiger partial charge in [0.25, 0.3) is 5.91 Å². The average molecular weight is 414 g/mol. The number of hydrogen-bond donors (Lipinski definition) is 1. The van der Waals surface area contributed by atoms with Gasteiger partial charge in [-0.15, -0.1) is 0 Å². The lowest BCUT2D eigenvalue weighted by atomic mass is 10.1. The molecule has 0 bridgehead atoms. The molecule has 4 nitrogen and oxygen atoms in total. The van der Waals surface area contributed by atoms with Gasteiger partial charge in [0.15, 0.2) is 0 Å². The van der Waals surface area contributed by atoms with Crippen molar-refractivity contribution >= 4 is 45.7 Å². The molecule has 28 heavy (non-hydrogen) atoms. The standard InChI is InChI=1S/C22H21Cl2N3O/c23-17-8-9-18(22(28)27-10-4-1-5-11-27)20(13-17)25-14-16-12-15-6-2-3-7-19(15)26-21(16)24/h2-3,6-9,12-13,25H,1,4-5,10-11,14H2. The van der Waals surface area contributed by atoms with Gasteiger partial charge in [-0.05, 0) is 49.6 Å². The third-order valence-corrected chi connectivity index (χ3v) is 5.64. The van der Waals surface area contributed by atoms with E-state index in [9.17, 15) is 4.79 Å². The summed E-state index contributed by atoms with van der Waals surface area (Å²) < 4.78 is 0. The van der Waals surface area contributed by atoms with Crippen molar-refractivity contribution in [3.8, 4) is 0 Å². The number of nitrogens with one attached hydrogen (secondary N) is 1. The molecule has 2 heterocycles. The summed E-state index contributed by atoms with van der Waals surface area (Å²) in [7, 11) is 0. The molecule has 4 rings (SSSR count). The second-order valence-corrected chi connectivity index (χ2v) is 7.82. The highest BCUT2D eigenvalue weighted by atomic mass is 35.5. The van der Waals surface area contributed by atoms with E-state index in [1.165, 1.54) is 6.42 Å². The van der Waals surface area contributed by atoms with Gasteiger partial charge >= 0.3 is 0 Å². The van der Waals surface area contributed by atoms with E-state index in [4.69, 9.17) is 23.2 Å². The zero-order valence-corrected chi connectivity index (χ0v) is 16.9. The quantitative estimate of drug-likeness (QED) is 0.551. The highest BCUT2D eigenvalue weighted by Crippen LogP contribution is 2.26. The summed E-state index contributed by atoms with van der Waals surface area (Å²) in [5.41, 5.74) is 3.08. The highest BCUT2D eigenvalue weighted by Gasteiger charge is 2.21. The number of fused-ring (bicyclic) bond motifs is 1. The lowest BCUT2D eigenvalue weighted by molar-refractivity contribution is 0.0725. The van der Waals surface area contributed by atoms with Crippen molar-refractivity contribution in [2.75, 3.05) is 18.4 Å². The van der Waals surface area contributed by atoms with Gasteiger partial charge < -0.3 is 10.2 Å². The minimum absolute atomic E-state index is 0.0431. The Labute approximate surface area is 174 Å². The summed E-state index contributed by atoms with van der Waals surface area (Å²) >= 11 is 12.6. The van der Waals surface area contributed by atoms with Crippen LogP contribution in [0, 0.1) is 0 Å². The van der Waals surface area contributed by atoms with Crippen LogP contribution in [0.5, 0.6) is 0 Å². The van der Waals surface area contributed by atoms with Crippen molar-refractivity contribution in [3.63, 3.8) is 0 Å². The van der Waals surface area contributed by atoms with Crippen LogP contribution in [0.1, 0.15) is 35.2 Å². The number of pyridine rings is 1. The van der Waals surface area contributed by atoms with Gasteiger partial charge in [0.2, 0.25) is 0 Å². The molecular weight excluding hydrogens is 393 g/mol. The number of amides is 1. The number of aromatic nitrogens is 1. The SMILES string of the molecule is O=C(c1ccc(Cl)cc1NCc1cc2ccccc2nc1Cl)N1CCCCC1. The molecule has 0 unspecified atom stereocenters. The molecule has 2 aromatic carbocycles. The fourth-order valence-electron chi connectivity index (χ4n) is 3.57. The number of halogens is 2. The van der Waals surface area contributed by atoms with Crippen LogP contribution >= 0.6 is 23.2 Å². The van der Waals surface area contributed by atoms with Crippen molar-refractivity contribution in [1.29, 1.82) is 0 Å². The van der Waals surface area contributed by atoms with Gasteiger partial charge in [-0.3, -0.25) is 4.79 Å². The Morgan fingerprint density at radius 1 is 1.04 bits per heavy atom. The van der Waals surface area contributed by atoms with Crippen LogP contribution in [-0.2, 0) is 6.54 Å². The molecule has 1 N–H and O–H groups in total.